The molecule has 0 unspecified atom stereocenters. The summed E-state index contributed by atoms with van der Waals surface area (Å²) in [7, 11) is 0. The van der Waals surface area contributed by atoms with E-state index in [0.717, 1.165) is 19.3 Å². The maximum absolute atomic E-state index is 12.7. The third-order valence-corrected chi connectivity index (χ3v) is 2.89. The number of carbonyl (C=O) groups is 1. The van der Waals surface area contributed by atoms with E-state index in [-0.39, 0.29) is 5.91 Å². The molecule has 0 bridgehead atoms. The first-order valence-corrected chi connectivity index (χ1v) is 5.04. The molecule has 1 heterocycles. The number of alkyl halides is 1. The molecule has 0 atom stereocenters. The van der Waals surface area contributed by atoms with Gasteiger partial charge in [0.2, 0.25) is 0 Å². The third-order valence-electron chi connectivity index (χ3n) is 2.89. The number of pyridine rings is 1. The highest BCUT2D eigenvalue weighted by atomic mass is 19.1. The monoisotopic (exact) mass is 208 g/mol. The lowest BCUT2D eigenvalue weighted by Gasteiger charge is -2.40. The van der Waals surface area contributed by atoms with E-state index >= 15 is 0 Å². The number of hydrogen-bond donors (Lipinski definition) is 1. The maximum atomic E-state index is 12.7. The van der Waals surface area contributed by atoms with Gasteiger partial charge in [0, 0.05) is 18.0 Å². The van der Waals surface area contributed by atoms with E-state index in [9.17, 15) is 9.18 Å². The van der Waals surface area contributed by atoms with Gasteiger partial charge in [-0.2, -0.15) is 0 Å². The van der Waals surface area contributed by atoms with Crippen LogP contribution in [0.3, 0.4) is 0 Å². The third kappa shape index (κ3) is 1.98. The molecule has 0 aliphatic heterocycles. The molecule has 1 aromatic heterocycles. The molecule has 0 aromatic carbocycles. The van der Waals surface area contributed by atoms with E-state index in [0.29, 0.717) is 5.56 Å². The van der Waals surface area contributed by atoms with Crippen LogP contribution in [0.2, 0.25) is 0 Å². The SMILES string of the molecule is O=C(NC1(CF)CCC1)c1ccncc1. The standard InChI is InChI=1S/C11H13FN2O/c12-8-11(4-1-5-11)14-10(15)9-2-6-13-7-3-9/h2-3,6-7H,1,4-5,8H2,(H,14,15). The Morgan fingerprint density at radius 1 is 1.47 bits per heavy atom. The number of rotatable bonds is 3. The van der Waals surface area contributed by atoms with Crippen molar-refractivity contribution in [2.45, 2.75) is 24.8 Å². The maximum Gasteiger partial charge on any atom is 0.251 e. The molecule has 0 saturated heterocycles. The van der Waals surface area contributed by atoms with Gasteiger partial charge in [-0.15, -0.1) is 0 Å². The quantitative estimate of drug-likeness (QED) is 0.821. The minimum atomic E-state index is -0.597. The topological polar surface area (TPSA) is 42.0 Å². The minimum absolute atomic E-state index is 0.213. The van der Waals surface area contributed by atoms with Crippen LogP contribution in [0.4, 0.5) is 4.39 Å². The molecule has 1 aromatic rings. The Balaban J connectivity index is 2.04. The van der Waals surface area contributed by atoms with Gasteiger partial charge in [-0.3, -0.25) is 9.78 Å². The first kappa shape index (κ1) is 10.1. The summed E-state index contributed by atoms with van der Waals surface area (Å²) in [5.74, 6) is -0.213. The Kier molecular flexibility index (Phi) is 2.66. The second kappa shape index (κ2) is 3.96. The van der Waals surface area contributed by atoms with Crippen LogP contribution >= 0.6 is 0 Å². The van der Waals surface area contributed by atoms with Crippen LogP contribution in [0.25, 0.3) is 0 Å². The normalized spacial score (nSPS) is 17.9. The van der Waals surface area contributed by atoms with Gasteiger partial charge >= 0.3 is 0 Å². The van der Waals surface area contributed by atoms with E-state index in [2.05, 4.69) is 10.3 Å². The molecule has 1 aliphatic rings. The van der Waals surface area contributed by atoms with Crippen molar-refractivity contribution in [2.75, 3.05) is 6.67 Å². The van der Waals surface area contributed by atoms with Gasteiger partial charge in [0.25, 0.3) is 5.91 Å². The highest BCUT2D eigenvalue weighted by Crippen LogP contribution is 2.32. The molecular weight excluding hydrogens is 195 g/mol. The summed E-state index contributed by atoms with van der Waals surface area (Å²) in [5, 5.41) is 2.75. The van der Waals surface area contributed by atoms with Crippen LogP contribution in [0.15, 0.2) is 24.5 Å². The van der Waals surface area contributed by atoms with Crippen LogP contribution < -0.4 is 5.32 Å². The molecule has 0 radical (unpaired) electrons. The lowest BCUT2D eigenvalue weighted by molar-refractivity contribution is 0.0774. The zero-order valence-electron chi connectivity index (χ0n) is 8.37. The first-order valence-electron chi connectivity index (χ1n) is 5.04. The zero-order valence-corrected chi connectivity index (χ0v) is 8.37. The summed E-state index contributed by atoms with van der Waals surface area (Å²) in [5.41, 5.74) is -0.0647. The van der Waals surface area contributed by atoms with E-state index < -0.39 is 12.2 Å². The Morgan fingerprint density at radius 3 is 2.60 bits per heavy atom. The van der Waals surface area contributed by atoms with Crippen molar-refractivity contribution in [1.82, 2.24) is 10.3 Å². The molecule has 1 saturated carbocycles. The molecule has 1 aliphatic carbocycles. The van der Waals surface area contributed by atoms with Gasteiger partial charge in [-0.25, -0.2) is 4.39 Å². The molecule has 2 rings (SSSR count). The van der Waals surface area contributed by atoms with Gasteiger partial charge in [-0.05, 0) is 31.4 Å². The molecule has 80 valence electrons. The largest absolute Gasteiger partial charge is 0.344 e. The second-order valence-electron chi connectivity index (χ2n) is 3.96. The minimum Gasteiger partial charge on any atom is -0.344 e. The van der Waals surface area contributed by atoms with Gasteiger partial charge < -0.3 is 5.32 Å². The molecule has 0 spiro atoms. The second-order valence-corrected chi connectivity index (χ2v) is 3.96. The summed E-state index contributed by atoms with van der Waals surface area (Å²) >= 11 is 0. The smallest absolute Gasteiger partial charge is 0.251 e. The summed E-state index contributed by atoms with van der Waals surface area (Å²) in [6, 6.07) is 3.25. The summed E-state index contributed by atoms with van der Waals surface area (Å²) in [4.78, 5) is 15.5. The Morgan fingerprint density at radius 2 is 2.13 bits per heavy atom. The highest BCUT2D eigenvalue weighted by Gasteiger charge is 2.38. The van der Waals surface area contributed by atoms with Crippen molar-refractivity contribution >= 4 is 5.91 Å². The lowest BCUT2D eigenvalue weighted by atomic mass is 9.77. The summed E-state index contributed by atoms with van der Waals surface area (Å²) < 4.78 is 12.7. The average Bonchev–Trinajstić information content (AvgIpc) is 2.24. The number of amides is 1. The van der Waals surface area contributed by atoms with Crippen LogP contribution in [0, 0.1) is 0 Å². The molecule has 1 fully saturated rings. The highest BCUT2D eigenvalue weighted by molar-refractivity contribution is 5.94. The van der Waals surface area contributed by atoms with Crippen molar-refractivity contribution in [3.63, 3.8) is 0 Å². The Hall–Kier alpha value is -1.45. The molecule has 3 nitrogen and oxygen atoms in total. The molecule has 15 heavy (non-hydrogen) atoms. The van der Waals surface area contributed by atoms with Crippen molar-refractivity contribution in [3.8, 4) is 0 Å². The van der Waals surface area contributed by atoms with Crippen LogP contribution in [-0.2, 0) is 0 Å². The lowest BCUT2D eigenvalue weighted by Crippen LogP contribution is -2.55. The van der Waals surface area contributed by atoms with Crippen molar-refractivity contribution in [2.24, 2.45) is 0 Å². The Bertz CT molecular complexity index is 343. The van der Waals surface area contributed by atoms with Crippen molar-refractivity contribution in [3.05, 3.63) is 30.1 Å². The average molecular weight is 208 g/mol. The van der Waals surface area contributed by atoms with E-state index in [1.807, 2.05) is 0 Å². The zero-order chi connectivity index (χ0) is 10.7. The molecule has 1 amide bonds. The summed E-state index contributed by atoms with van der Waals surface area (Å²) in [6.07, 6.45) is 5.57. The Labute approximate surface area is 87.7 Å². The number of halogens is 1. The van der Waals surface area contributed by atoms with Crippen molar-refractivity contribution < 1.29 is 9.18 Å². The number of hydrogen-bond acceptors (Lipinski definition) is 2. The fourth-order valence-electron chi connectivity index (χ4n) is 1.71. The number of nitrogens with zero attached hydrogens (tertiary/aromatic N) is 1. The van der Waals surface area contributed by atoms with Gasteiger partial charge in [0.15, 0.2) is 0 Å². The van der Waals surface area contributed by atoms with Gasteiger partial charge in [0.05, 0.1) is 5.54 Å². The van der Waals surface area contributed by atoms with Crippen LogP contribution in [-0.4, -0.2) is 23.1 Å². The first-order chi connectivity index (χ1) is 7.26. The fourth-order valence-corrected chi connectivity index (χ4v) is 1.71. The number of aromatic nitrogens is 1. The van der Waals surface area contributed by atoms with Crippen LogP contribution in [0.1, 0.15) is 29.6 Å². The molecule has 1 N–H and O–H groups in total. The van der Waals surface area contributed by atoms with E-state index in [1.54, 1.807) is 24.5 Å². The van der Waals surface area contributed by atoms with E-state index in [4.69, 9.17) is 0 Å². The van der Waals surface area contributed by atoms with Gasteiger partial charge in [-0.1, -0.05) is 0 Å². The van der Waals surface area contributed by atoms with E-state index in [1.165, 1.54) is 0 Å². The fraction of sp³-hybridized carbons (Fsp3) is 0.455. The van der Waals surface area contributed by atoms with Crippen molar-refractivity contribution in [1.29, 1.82) is 0 Å². The van der Waals surface area contributed by atoms with Gasteiger partial charge in [0.1, 0.15) is 6.67 Å². The summed E-state index contributed by atoms with van der Waals surface area (Å²) in [6.45, 7) is -0.482. The predicted molar refractivity (Wildman–Crippen MR) is 54.3 cm³/mol. The molecule has 4 heteroatoms. The predicted octanol–water partition coefficient (Wildman–Crippen LogP) is 1.70. The van der Waals surface area contributed by atoms with Crippen LogP contribution in [0.5, 0.6) is 0 Å². The molecular formula is C11H13FN2O. The number of carbonyl (C=O) groups excluding carboxylic acids is 1. The number of nitrogens with one attached hydrogen (secondary N) is 1.